The van der Waals surface area contributed by atoms with Crippen LogP contribution in [-0.2, 0) is 38.1 Å². The first kappa shape index (κ1) is 29.1. The Morgan fingerprint density at radius 1 is 0.571 bits per heavy atom. The number of carbonyl (C=O) groups excluding carboxylic acids is 4. The van der Waals surface area contributed by atoms with Crippen LogP contribution in [0.15, 0.2) is 0 Å². The molecule has 200 valence electrons. The van der Waals surface area contributed by atoms with Gasteiger partial charge in [0, 0.05) is 6.42 Å². The zero-order valence-electron chi connectivity index (χ0n) is 18.2. The molecular formula is C19H28O16. The van der Waals surface area contributed by atoms with Crippen molar-refractivity contribution in [1.29, 1.82) is 0 Å². The highest BCUT2D eigenvalue weighted by atomic mass is 16.7. The molecule has 0 aromatic rings. The van der Waals surface area contributed by atoms with Gasteiger partial charge in [-0.1, -0.05) is 0 Å². The predicted octanol–water partition coefficient (Wildman–Crippen LogP) is -6.02. The fourth-order valence-corrected chi connectivity index (χ4v) is 3.27. The summed E-state index contributed by atoms with van der Waals surface area (Å²) in [6, 6.07) is 0. The molecule has 2 saturated heterocycles. The molecule has 0 spiro atoms. The summed E-state index contributed by atoms with van der Waals surface area (Å²) in [6.07, 6.45) is -19.6. The summed E-state index contributed by atoms with van der Waals surface area (Å²) in [5.74, 6) is -4.93. The molecule has 2 fully saturated rings. The summed E-state index contributed by atoms with van der Waals surface area (Å²) < 4.78 is 19.4. The van der Waals surface area contributed by atoms with Crippen molar-refractivity contribution in [3.8, 4) is 0 Å². The first-order valence-corrected chi connectivity index (χ1v) is 10.5. The Morgan fingerprint density at radius 3 is 1.43 bits per heavy atom. The van der Waals surface area contributed by atoms with Crippen LogP contribution in [0.4, 0.5) is 0 Å². The van der Waals surface area contributed by atoms with E-state index in [1.54, 1.807) is 0 Å². The van der Waals surface area contributed by atoms with Gasteiger partial charge in [-0.3, -0.25) is 19.2 Å². The van der Waals surface area contributed by atoms with Gasteiger partial charge >= 0.3 is 11.9 Å². The third-order valence-electron chi connectivity index (χ3n) is 5.36. The number of esters is 2. The van der Waals surface area contributed by atoms with Gasteiger partial charge in [-0.25, -0.2) is 0 Å². The maximum absolute atomic E-state index is 11.9. The maximum atomic E-state index is 11.9. The number of ketones is 2. The highest BCUT2D eigenvalue weighted by Gasteiger charge is 2.46. The van der Waals surface area contributed by atoms with E-state index in [4.69, 9.17) is 24.4 Å². The van der Waals surface area contributed by atoms with Crippen LogP contribution >= 0.6 is 0 Å². The lowest BCUT2D eigenvalue weighted by atomic mass is 9.99. The Balaban J connectivity index is 1.80. The Kier molecular flexibility index (Phi) is 10.6. The number of aliphatic hydroxyl groups excluding tert-OH is 8. The SMILES string of the molecule is O=C(CCC(=O)C(=O)CC(=O)OC1O[C@H](CO)[C@@H](O)[C@H](O)[C@H]1O)OC1O[C@H](CO)[C@@H](O)[C@H](O)[C@H]1O. The number of hydrogen-bond donors (Lipinski definition) is 8. The molecule has 2 unspecified atom stereocenters. The third-order valence-corrected chi connectivity index (χ3v) is 5.36. The van der Waals surface area contributed by atoms with E-state index in [1.807, 2.05) is 0 Å². The number of Topliss-reactive ketones (excluding diaryl/α,β-unsaturated/α-hetero) is 2. The lowest BCUT2D eigenvalue weighted by molar-refractivity contribution is -0.292. The van der Waals surface area contributed by atoms with Gasteiger partial charge in [0.1, 0.15) is 55.3 Å². The van der Waals surface area contributed by atoms with Gasteiger partial charge in [-0.05, 0) is 0 Å². The molecule has 2 aliphatic rings. The molecule has 0 radical (unpaired) electrons. The topological polar surface area (TPSA) is 267 Å². The highest BCUT2D eigenvalue weighted by Crippen LogP contribution is 2.23. The molecule has 0 amide bonds. The molecule has 0 bridgehead atoms. The van der Waals surface area contributed by atoms with Crippen molar-refractivity contribution in [2.45, 2.75) is 80.7 Å². The van der Waals surface area contributed by atoms with Crippen LogP contribution in [0.2, 0.25) is 0 Å². The predicted molar refractivity (Wildman–Crippen MR) is 104 cm³/mol. The van der Waals surface area contributed by atoms with Crippen molar-refractivity contribution in [3.63, 3.8) is 0 Å². The van der Waals surface area contributed by atoms with E-state index in [2.05, 4.69) is 4.74 Å². The van der Waals surface area contributed by atoms with Gasteiger partial charge in [0.05, 0.1) is 19.6 Å². The van der Waals surface area contributed by atoms with E-state index in [-0.39, 0.29) is 0 Å². The summed E-state index contributed by atoms with van der Waals surface area (Å²) in [6.45, 7) is -1.54. The van der Waals surface area contributed by atoms with Gasteiger partial charge in [0.15, 0.2) is 5.78 Å². The molecule has 0 saturated carbocycles. The second kappa shape index (κ2) is 12.7. The molecule has 2 aliphatic heterocycles. The van der Waals surface area contributed by atoms with Crippen molar-refractivity contribution in [1.82, 2.24) is 0 Å². The summed E-state index contributed by atoms with van der Waals surface area (Å²) in [5.41, 5.74) is 0. The zero-order chi connectivity index (χ0) is 26.4. The molecule has 16 heteroatoms. The number of rotatable bonds is 10. The second-order valence-corrected chi connectivity index (χ2v) is 7.90. The molecular weight excluding hydrogens is 484 g/mol. The summed E-state index contributed by atoms with van der Waals surface area (Å²) >= 11 is 0. The minimum Gasteiger partial charge on any atom is -0.433 e. The van der Waals surface area contributed by atoms with Crippen molar-refractivity contribution in [2.24, 2.45) is 0 Å². The molecule has 0 aromatic carbocycles. The van der Waals surface area contributed by atoms with Gasteiger partial charge < -0.3 is 59.8 Å². The first-order chi connectivity index (χ1) is 16.4. The quantitative estimate of drug-likeness (QED) is 0.0768. The van der Waals surface area contributed by atoms with Crippen LogP contribution in [0, 0.1) is 0 Å². The molecule has 35 heavy (non-hydrogen) atoms. The second-order valence-electron chi connectivity index (χ2n) is 7.90. The standard InChI is InChI=1S/C19H28O16/c20-4-8-12(26)14(28)16(30)18(32-8)34-10(24)2-1-6(22)7(23)3-11(25)35-19-17(31)15(29)13(27)9(5-21)33-19/h8-9,12-21,26-31H,1-5H2/t8-,9-,12-,13-,14+,15+,16-,17-,18?,19?/m1/s1. The zero-order valence-corrected chi connectivity index (χ0v) is 18.2. The van der Waals surface area contributed by atoms with Gasteiger partial charge in [-0.15, -0.1) is 0 Å². The van der Waals surface area contributed by atoms with E-state index in [9.17, 15) is 49.8 Å². The van der Waals surface area contributed by atoms with E-state index < -0.39 is 117 Å². The summed E-state index contributed by atoms with van der Waals surface area (Å²) in [4.78, 5) is 47.7. The molecule has 16 nitrogen and oxygen atoms in total. The first-order valence-electron chi connectivity index (χ1n) is 10.5. The van der Waals surface area contributed by atoms with E-state index in [1.165, 1.54) is 0 Å². The normalized spacial score (nSPS) is 37.4. The summed E-state index contributed by atoms with van der Waals surface area (Å²) in [5, 5.41) is 76.5. The van der Waals surface area contributed by atoms with Crippen molar-refractivity contribution >= 4 is 23.5 Å². The van der Waals surface area contributed by atoms with Gasteiger partial charge in [-0.2, -0.15) is 0 Å². The Hall–Kier alpha value is -2.12. The number of carbonyl (C=O) groups is 4. The van der Waals surface area contributed by atoms with Crippen molar-refractivity contribution in [2.75, 3.05) is 13.2 Å². The number of aliphatic hydroxyl groups is 8. The maximum Gasteiger partial charge on any atom is 0.316 e. The summed E-state index contributed by atoms with van der Waals surface area (Å²) in [7, 11) is 0. The third kappa shape index (κ3) is 7.20. The van der Waals surface area contributed by atoms with Crippen LogP contribution < -0.4 is 0 Å². The lowest BCUT2D eigenvalue weighted by Gasteiger charge is -2.39. The number of hydrogen-bond acceptors (Lipinski definition) is 16. The van der Waals surface area contributed by atoms with Gasteiger partial charge in [0.2, 0.25) is 18.4 Å². The van der Waals surface area contributed by atoms with E-state index in [0.29, 0.717) is 0 Å². The smallest absolute Gasteiger partial charge is 0.316 e. The van der Waals surface area contributed by atoms with Crippen LogP contribution in [0.1, 0.15) is 19.3 Å². The minimum absolute atomic E-state index is 0.693. The fraction of sp³-hybridized carbons (Fsp3) is 0.789. The Labute approximate surface area is 197 Å². The lowest BCUT2D eigenvalue weighted by Crippen LogP contribution is -2.59. The van der Waals surface area contributed by atoms with Crippen LogP contribution in [0.5, 0.6) is 0 Å². The monoisotopic (exact) mass is 512 g/mol. The number of ether oxygens (including phenoxy) is 4. The molecule has 10 atom stereocenters. The van der Waals surface area contributed by atoms with E-state index >= 15 is 0 Å². The van der Waals surface area contributed by atoms with Crippen molar-refractivity contribution < 1.29 is 79.0 Å². The highest BCUT2D eigenvalue weighted by molar-refractivity contribution is 6.40. The van der Waals surface area contributed by atoms with Crippen LogP contribution in [0.3, 0.4) is 0 Å². The minimum atomic E-state index is -1.90. The molecule has 2 heterocycles. The average Bonchev–Trinajstić information content (AvgIpc) is 2.82. The van der Waals surface area contributed by atoms with Gasteiger partial charge in [0.25, 0.3) is 0 Å². The van der Waals surface area contributed by atoms with Crippen LogP contribution in [-0.4, -0.2) is 139 Å². The van der Waals surface area contributed by atoms with E-state index in [0.717, 1.165) is 0 Å². The molecule has 2 rings (SSSR count). The molecule has 8 N–H and O–H groups in total. The fourth-order valence-electron chi connectivity index (χ4n) is 3.27. The molecule has 0 aromatic heterocycles. The Morgan fingerprint density at radius 2 is 1.00 bits per heavy atom. The molecule has 0 aliphatic carbocycles. The average molecular weight is 512 g/mol. The van der Waals surface area contributed by atoms with Crippen LogP contribution in [0.25, 0.3) is 0 Å². The van der Waals surface area contributed by atoms with Crippen molar-refractivity contribution in [3.05, 3.63) is 0 Å². The Bertz CT molecular complexity index is 768. The largest absolute Gasteiger partial charge is 0.433 e.